The highest BCUT2D eigenvalue weighted by Crippen LogP contribution is 2.24. The van der Waals surface area contributed by atoms with Crippen LogP contribution in [0.25, 0.3) is 16.7 Å². The number of esters is 1. The Morgan fingerprint density at radius 1 is 1.04 bits per heavy atom. The van der Waals surface area contributed by atoms with E-state index < -0.39 is 35.0 Å². The molecule has 4 heterocycles. The minimum atomic E-state index is -1.24. The van der Waals surface area contributed by atoms with Gasteiger partial charge in [-0.2, -0.15) is 0 Å². The second-order valence-electron chi connectivity index (χ2n) is 11.1. The zero-order chi connectivity index (χ0) is 33.1. The minimum absolute atomic E-state index is 0.0727. The van der Waals surface area contributed by atoms with E-state index in [1.807, 2.05) is 4.90 Å². The van der Waals surface area contributed by atoms with Crippen molar-refractivity contribution in [3.05, 3.63) is 123 Å². The first-order valence-corrected chi connectivity index (χ1v) is 14.9. The third-order valence-corrected chi connectivity index (χ3v) is 7.98. The SMILES string of the molecule is Cc1cc(N2CCOCC2)cc(F)c1C(=O)N[C@@H](Cc1ccc(-n2c(=O)c3ccncc3n(C)c2=O)nc1)C(=O)Oc1ccccc1. The Kier molecular flexibility index (Phi) is 8.89. The normalized spacial score (nSPS) is 13.7. The number of morpholine rings is 1. The molecule has 13 heteroatoms. The quantitative estimate of drug-likeness (QED) is 0.201. The lowest BCUT2D eigenvalue weighted by Gasteiger charge is -2.29. The maximum Gasteiger partial charge on any atom is 0.337 e. The predicted molar refractivity (Wildman–Crippen MR) is 172 cm³/mol. The first kappa shape index (κ1) is 31.3. The van der Waals surface area contributed by atoms with Crippen LogP contribution >= 0.6 is 0 Å². The zero-order valence-corrected chi connectivity index (χ0v) is 25.7. The zero-order valence-electron chi connectivity index (χ0n) is 25.7. The number of amides is 1. The topological polar surface area (TPSA) is 138 Å². The Balaban J connectivity index is 1.28. The number of carbonyl (C=O) groups excluding carboxylic acids is 2. The van der Waals surface area contributed by atoms with Gasteiger partial charge in [-0.1, -0.05) is 24.3 Å². The van der Waals surface area contributed by atoms with E-state index in [2.05, 4.69) is 15.3 Å². The highest BCUT2D eigenvalue weighted by molar-refractivity contribution is 5.99. The van der Waals surface area contributed by atoms with Crippen molar-refractivity contribution >= 4 is 28.5 Å². The standard InChI is InChI=1S/C34H31FN6O6/c1-21-16-23(40-12-14-46-15-13-40)18-26(35)30(21)31(42)38-27(33(44)47-24-6-4-3-5-7-24)17-22-8-9-29(37-19-22)41-32(43)25-10-11-36-20-28(25)39(2)34(41)45/h3-11,16,18-20,27H,12-15,17H2,1-2H3,(H,38,42)/t27-/m0/s1. The molecule has 1 aliphatic rings. The van der Waals surface area contributed by atoms with Crippen LogP contribution in [0.4, 0.5) is 10.1 Å². The first-order chi connectivity index (χ1) is 22.7. The fraction of sp³-hybridized carbons (Fsp3) is 0.235. The van der Waals surface area contributed by atoms with E-state index in [0.29, 0.717) is 54.0 Å². The summed E-state index contributed by atoms with van der Waals surface area (Å²) in [4.78, 5) is 63.4. The summed E-state index contributed by atoms with van der Waals surface area (Å²) in [6.07, 6.45) is 4.22. The van der Waals surface area contributed by atoms with Crippen LogP contribution in [0.2, 0.25) is 0 Å². The number of fused-ring (bicyclic) bond motifs is 1. The van der Waals surface area contributed by atoms with E-state index in [1.54, 1.807) is 49.4 Å². The van der Waals surface area contributed by atoms with Crippen LogP contribution in [0.1, 0.15) is 21.5 Å². The Morgan fingerprint density at radius 2 is 1.81 bits per heavy atom. The number of rotatable bonds is 8. The lowest BCUT2D eigenvalue weighted by atomic mass is 10.0. The van der Waals surface area contributed by atoms with E-state index in [9.17, 15) is 19.2 Å². The molecule has 47 heavy (non-hydrogen) atoms. The molecule has 1 N–H and O–H groups in total. The number of halogens is 1. The number of nitrogens with zero attached hydrogens (tertiary/aromatic N) is 5. The number of aryl methyl sites for hydroxylation is 2. The van der Waals surface area contributed by atoms with Gasteiger partial charge in [-0.3, -0.25) is 19.1 Å². The summed E-state index contributed by atoms with van der Waals surface area (Å²) < 4.78 is 28.6. The van der Waals surface area contributed by atoms with Gasteiger partial charge in [0.2, 0.25) is 0 Å². The van der Waals surface area contributed by atoms with Crippen molar-refractivity contribution in [2.24, 2.45) is 7.05 Å². The number of anilines is 1. The Hall–Kier alpha value is -5.69. The smallest absolute Gasteiger partial charge is 0.337 e. The molecule has 1 atom stereocenters. The third-order valence-electron chi connectivity index (χ3n) is 7.98. The largest absolute Gasteiger partial charge is 0.425 e. The van der Waals surface area contributed by atoms with Gasteiger partial charge in [-0.25, -0.2) is 23.5 Å². The highest BCUT2D eigenvalue weighted by atomic mass is 19.1. The number of ether oxygens (including phenoxy) is 2. The predicted octanol–water partition coefficient (Wildman–Crippen LogP) is 2.71. The Morgan fingerprint density at radius 3 is 2.51 bits per heavy atom. The number of para-hydroxylation sites is 1. The number of nitrogens with one attached hydrogen (secondary N) is 1. The number of aromatic nitrogens is 4. The van der Waals surface area contributed by atoms with E-state index in [4.69, 9.17) is 9.47 Å². The van der Waals surface area contributed by atoms with Crippen molar-refractivity contribution in [2.75, 3.05) is 31.2 Å². The Bertz CT molecular complexity index is 2050. The molecule has 3 aromatic heterocycles. The monoisotopic (exact) mass is 638 g/mol. The number of carbonyl (C=O) groups is 2. The van der Waals surface area contributed by atoms with Crippen molar-refractivity contribution < 1.29 is 23.5 Å². The van der Waals surface area contributed by atoms with Gasteiger partial charge in [0.1, 0.15) is 23.4 Å². The van der Waals surface area contributed by atoms with Crippen LogP contribution in [-0.4, -0.2) is 63.3 Å². The van der Waals surface area contributed by atoms with E-state index in [-0.39, 0.29) is 23.6 Å². The van der Waals surface area contributed by atoms with Crippen LogP contribution in [0, 0.1) is 12.7 Å². The maximum absolute atomic E-state index is 15.4. The summed E-state index contributed by atoms with van der Waals surface area (Å²) in [6.45, 7) is 3.89. The fourth-order valence-corrected chi connectivity index (χ4v) is 5.52. The Labute approximate surface area is 268 Å². The minimum Gasteiger partial charge on any atom is -0.425 e. The van der Waals surface area contributed by atoms with Gasteiger partial charge >= 0.3 is 11.7 Å². The summed E-state index contributed by atoms with van der Waals surface area (Å²) in [6, 6.07) is 14.7. The molecule has 0 bridgehead atoms. The third kappa shape index (κ3) is 6.51. The van der Waals surface area contributed by atoms with Gasteiger partial charge < -0.3 is 19.7 Å². The van der Waals surface area contributed by atoms with Crippen molar-refractivity contribution in [1.82, 2.24) is 24.4 Å². The summed E-state index contributed by atoms with van der Waals surface area (Å²) >= 11 is 0. The highest BCUT2D eigenvalue weighted by Gasteiger charge is 2.27. The van der Waals surface area contributed by atoms with Crippen LogP contribution < -0.4 is 26.2 Å². The average Bonchev–Trinajstić information content (AvgIpc) is 3.08. The first-order valence-electron chi connectivity index (χ1n) is 14.9. The molecule has 2 aromatic carbocycles. The molecule has 1 aliphatic heterocycles. The number of pyridine rings is 2. The van der Waals surface area contributed by atoms with E-state index in [1.165, 1.54) is 48.4 Å². The molecule has 5 aromatic rings. The molecule has 240 valence electrons. The van der Waals surface area contributed by atoms with Gasteiger partial charge in [-0.05, 0) is 54.4 Å². The van der Waals surface area contributed by atoms with Crippen LogP contribution in [0.5, 0.6) is 5.75 Å². The average molecular weight is 639 g/mol. The molecule has 6 rings (SSSR count). The van der Waals surface area contributed by atoms with Gasteiger partial charge in [0.05, 0.1) is 35.9 Å². The molecular weight excluding hydrogens is 607 g/mol. The summed E-state index contributed by atoms with van der Waals surface area (Å²) in [5, 5.41) is 2.94. The van der Waals surface area contributed by atoms with Gasteiger partial charge in [0.15, 0.2) is 0 Å². The van der Waals surface area contributed by atoms with Crippen molar-refractivity contribution in [2.45, 2.75) is 19.4 Å². The molecule has 1 amide bonds. The molecule has 0 unspecified atom stereocenters. The lowest BCUT2D eigenvalue weighted by Crippen LogP contribution is -2.45. The molecule has 12 nitrogen and oxygen atoms in total. The summed E-state index contributed by atoms with van der Waals surface area (Å²) in [5.41, 5.74) is 0.567. The maximum atomic E-state index is 15.4. The van der Waals surface area contributed by atoms with E-state index >= 15 is 4.39 Å². The number of benzene rings is 2. The van der Waals surface area contributed by atoms with Crippen molar-refractivity contribution in [3.63, 3.8) is 0 Å². The summed E-state index contributed by atoms with van der Waals surface area (Å²) in [7, 11) is 1.53. The van der Waals surface area contributed by atoms with Gasteiger partial charge in [0, 0.05) is 44.6 Å². The van der Waals surface area contributed by atoms with Crippen LogP contribution in [0.3, 0.4) is 0 Å². The number of hydrogen-bond donors (Lipinski definition) is 1. The second-order valence-corrected chi connectivity index (χ2v) is 11.1. The van der Waals surface area contributed by atoms with Gasteiger partial charge in [-0.15, -0.1) is 0 Å². The molecule has 0 saturated carbocycles. The van der Waals surface area contributed by atoms with Crippen molar-refractivity contribution in [3.8, 4) is 11.6 Å². The summed E-state index contributed by atoms with van der Waals surface area (Å²) in [5.74, 6) is -1.94. The molecule has 1 saturated heterocycles. The molecule has 0 radical (unpaired) electrons. The molecule has 0 aliphatic carbocycles. The van der Waals surface area contributed by atoms with Crippen LogP contribution in [0.15, 0.2) is 88.8 Å². The lowest BCUT2D eigenvalue weighted by molar-refractivity contribution is -0.136. The van der Waals surface area contributed by atoms with Gasteiger partial charge in [0.25, 0.3) is 11.5 Å². The van der Waals surface area contributed by atoms with Crippen LogP contribution in [-0.2, 0) is 23.0 Å². The van der Waals surface area contributed by atoms with Crippen molar-refractivity contribution in [1.29, 1.82) is 0 Å². The molecule has 0 spiro atoms. The fourth-order valence-electron chi connectivity index (χ4n) is 5.52. The second kappa shape index (κ2) is 13.3. The number of hydrogen-bond acceptors (Lipinski definition) is 9. The molecule has 1 fully saturated rings. The van der Waals surface area contributed by atoms with E-state index in [0.717, 1.165) is 4.57 Å². The molecular formula is C34H31FN6O6.